The van der Waals surface area contributed by atoms with Gasteiger partial charge >= 0.3 is 0 Å². The van der Waals surface area contributed by atoms with Crippen molar-refractivity contribution in [2.75, 3.05) is 0 Å². The van der Waals surface area contributed by atoms with Crippen LogP contribution >= 0.6 is 0 Å². The number of aryl methyl sites for hydroxylation is 1. The summed E-state index contributed by atoms with van der Waals surface area (Å²) in [4.78, 5) is 12.6. The molecule has 0 saturated heterocycles. The van der Waals surface area contributed by atoms with Gasteiger partial charge in [0.25, 0.3) is 0 Å². The number of nitrogens with one attached hydrogen (secondary N) is 1. The van der Waals surface area contributed by atoms with Gasteiger partial charge in [-0.1, -0.05) is 0 Å². The highest BCUT2D eigenvalue weighted by molar-refractivity contribution is 5.84. The first-order valence-electron chi connectivity index (χ1n) is 10.5. The van der Waals surface area contributed by atoms with Crippen molar-refractivity contribution in [2.24, 2.45) is 28.3 Å². The monoisotopic (exact) mass is 353 g/mol. The molecule has 5 aliphatic carbocycles. The SMILES string of the molecule is Cc1cc(C=NNC(=O)CC23CC4CC(CC(C4)C2)C3)c(C)n1C1CC1. The van der Waals surface area contributed by atoms with Crippen LogP contribution in [0.3, 0.4) is 0 Å². The van der Waals surface area contributed by atoms with E-state index in [-0.39, 0.29) is 11.3 Å². The zero-order valence-electron chi connectivity index (χ0n) is 16.1. The van der Waals surface area contributed by atoms with Crippen molar-refractivity contribution in [1.82, 2.24) is 9.99 Å². The fourth-order valence-corrected chi connectivity index (χ4v) is 6.89. The first kappa shape index (κ1) is 16.6. The average Bonchev–Trinajstić information content (AvgIpc) is 3.32. The molecule has 5 saturated carbocycles. The molecule has 1 N–H and O–H groups in total. The number of nitrogens with zero attached hydrogens (tertiary/aromatic N) is 2. The fraction of sp³-hybridized carbons (Fsp3) is 0.727. The second-order valence-electron chi connectivity index (χ2n) is 9.82. The minimum Gasteiger partial charge on any atom is -0.345 e. The smallest absolute Gasteiger partial charge is 0.240 e. The minimum absolute atomic E-state index is 0.110. The van der Waals surface area contributed by atoms with E-state index in [0.29, 0.717) is 12.5 Å². The van der Waals surface area contributed by atoms with E-state index in [4.69, 9.17) is 0 Å². The van der Waals surface area contributed by atoms with Gasteiger partial charge in [0.2, 0.25) is 5.91 Å². The average molecular weight is 354 g/mol. The van der Waals surface area contributed by atoms with Crippen LogP contribution in [-0.2, 0) is 4.79 Å². The molecule has 0 aromatic carbocycles. The lowest BCUT2D eigenvalue weighted by Gasteiger charge is -2.56. The van der Waals surface area contributed by atoms with Gasteiger partial charge in [0.1, 0.15) is 0 Å². The van der Waals surface area contributed by atoms with E-state index >= 15 is 0 Å². The molecule has 0 radical (unpaired) electrons. The van der Waals surface area contributed by atoms with Gasteiger partial charge < -0.3 is 4.57 Å². The van der Waals surface area contributed by atoms with E-state index in [1.165, 1.54) is 62.8 Å². The molecule has 5 fully saturated rings. The largest absolute Gasteiger partial charge is 0.345 e. The molecule has 140 valence electrons. The Kier molecular flexibility index (Phi) is 3.81. The van der Waals surface area contributed by atoms with Crippen LogP contribution < -0.4 is 5.43 Å². The van der Waals surface area contributed by atoms with Crippen LogP contribution in [0.4, 0.5) is 0 Å². The van der Waals surface area contributed by atoms with Crippen LogP contribution in [-0.4, -0.2) is 16.7 Å². The summed E-state index contributed by atoms with van der Waals surface area (Å²) < 4.78 is 2.42. The van der Waals surface area contributed by atoms with Gasteiger partial charge in [-0.15, -0.1) is 0 Å². The predicted octanol–water partition coefficient (Wildman–Crippen LogP) is 4.50. The lowest BCUT2D eigenvalue weighted by molar-refractivity contribution is -0.129. The van der Waals surface area contributed by atoms with Crippen molar-refractivity contribution in [2.45, 2.75) is 77.7 Å². The number of rotatable bonds is 5. The van der Waals surface area contributed by atoms with Gasteiger partial charge in [0, 0.05) is 29.4 Å². The van der Waals surface area contributed by atoms with Crippen molar-refractivity contribution >= 4 is 12.1 Å². The molecule has 26 heavy (non-hydrogen) atoms. The van der Waals surface area contributed by atoms with Crippen molar-refractivity contribution in [1.29, 1.82) is 0 Å². The van der Waals surface area contributed by atoms with Crippen molar-refractivity contribution in [3.8, 4) is 0 Å². The maximum atomic E-state index is 12.6. The summed E-state index contributed by atoms with van der Waals surface area (Å²) in [5, 5.41) is 4.30. The Hall–Kier alpha value is -1.58. The Balaban J connectivity index is 1.22. The molecule has 0 atom stereocenters. The third-order valence-electron chi connectivity index (χ3n) is 7.53. The Bertz CT molecular complexity index is 720. The summed E-state index contributed by atoms with van der Waals surface area (Å²) in [6.45, 7) is 4.32. The van der Waals surface area contributed by atoms with E-state index in [0.717, 1.165) is 23.3 Å². The van der Waals surface area contributed by atoms with Crippen molar-refractivity contribution < 1.29 is 4.79 Å². The van der Waals surface area contributed by atoms with Gasteiger partial charge in [0.05, 0.1) is 6.21 Å². The van der Waals surface area contributed by atoms with Crippen LogP contribution in [0.25, 0.3) is 0 Å². The van der Waals surface area contributed by atoms with Gasteiger partial charge in [-0.05, 0) is 94.4 Å². The first-order valence-corrected chi connectivity index (χ1v) is 10.5. The molecule has 1 aromatic rings. The van der Waals surface area contributed by atoms with Crippen LogP contribution in [0, 0.1) is 37.0 Å². The van der Waals surface area contributed by atoms with E-state index in [9.17, 15) is 4.79 Å². The summed E-state index contributed by atoms with van der Waals surface area (Å²) >= 11 is 0. The zero-order valence-corrected chi connectivity index (χ0v) is 16.1. The first-order chi connectivity index (χ1) is 12.5. The molecule has 5 aliphatic rings. The summed E-state index contributed by atoms with van der Waals surface area (Å²) in [6.07, 6.45) is 13.2. The van der Waals surface area contributed by atoms with Crippen LogP contribution in [0.5, 0.6) is 0 Å². The lowest BCUT2D eigenvalue weighted by Crippen LogP contribution is -2.47. The summed E-state index contributed by atoms with van der Waals surface area (Å²) in [5.74, 6) is 2.79. The zero-order chi connectivity index (χ0) is 17.9. The Morgan fingerprint density at radius 1 is 1.19 bits per heavy atom. The molecule has 4 nitrogen and oxygen atoms in total. The van der Waals surface area contributed by atoms with Gasteiger partial charge in [0.15, 0.2) is 0 Å². The van der Waals surface area contributed by atoms with E-state index in [1.54, 1.807) is 0 Å². The summed E-state index contributed by atoms with van der Waals surface area (Å²) in [7, 11) is 0. The number of amides is 1. The quantitative estimate of drug-likeness (QED) is 0.615. The highest BCUT2D eigenvalue weighted by Gasteiger charge is 2.51. The maximum Gasteiger partial charge on any atom is 0.240 e. The molecular weight excluding hydrogens is 322 g/mol. The minimum atomic E-state index is 0.110. The second kappa shape index (κ2) is 5.97. The topological polar surface area (TPSA) is 46.4 Å². The highest BCUT2D eigenvalue weighted by Crippen LogP contribution is 2.61. The molecule has 6 rings (SSSR count). The molecule has 0 unspecified atom stereocenters. The van der Waals surface area contributed by atoms with Crippen molar-refractivity contribution in [3.63, 3.8) is 0 Å². The Morgan fingerprint density at radius 3 is 2.38 bits per heavy atom. The Morgan fingerprint density at radius 2 is 1.81 bits per heavy atom. The van der Waals surface area contributed by atoms with Crippen LogP contribution in [0.2, 0.25) is 0 Å². The van der Waals surface area contributed by atoms with Crippen LogP contribution in [0.15, 0.2) is 11.2 Å². The number of aromatic nitrogens is 1. The molecule has 1 aromatic heterocycles. The van der Waals surface area contributed by atoms with Gasteiger partial charge in [-0.3, -0.25) is 4.79 Å². The van der Waals surface area contributed by atoms with Gasteiger partial charge in [-0.2, -0.15) is 5.10 Å². The number of carbonyl (C=O) groups is 1. The fourth-order valence-electron chi connectivity index (χ4n) is 6.89. The van der Waals surface area contributed by atoms with Gasteiger partial charge in [-0.25, -0.2) is 5.43 Å². The molecule has 4 bridgehead atoms. The molecule has 1 amide bonds. The maximum absolute atomic E-state index is 12.6. The normalized spacial score (nSPS) is 35.4. The van der Waals surface area contributed by atoms with Crippen molar-refractivity contribution in [3.05, 3.63) is 23.0 Å². The van der Waals surface area contributed by atoms with Crippen LogP contribution in [0.1, 0.15) is 80.8 Å². The second-order valence-corrected chi connectivity index (χ2v) is 9.82. The predicted molar refractivity (Wildman–Crippen MR) is 103 cm³/mol. The molecule has 0 aliphatic heterocycles. The number of carbonyl (C=O) groups excluding carboxylic acids is 1. The van der Waals surface area contributed by atoms with E-state index < -0.39 is 0 Å². The Labute approximate surface area is 156 Å². The molecule has 0 spiro atoms. The highest BCUT2D eigenvalue weighted by atomic mass is 16.2. The summed E-state index contributed by atoms with van der Waals surface area (Å²) in [6, 6.07) is 2.87. The summed E-state index contributed by atoms with van der Waals surface area (Å²) in [5.41, 5.74) is 6.81. The number of hydrogen-bond acceptors (Lipinski definition) is 2. The third kappa shape index (κ3) is 2.91. The van der Waals surface area contributed by atoms with E-state index in [2.05, 4.69) is 35.0 Å². The molecule has 4 heteroatoms. The standard InChI is InChI=1S/C22H31N3O/c1-14-5-19(15(2)25(14)20-3-4-20)13-23-24-21(26)12-22-9-16-6-17(10-22)8-18(7-16)11-22/h5,13,16-18,20H,3-4,6-12H2,1-2H3,(H,24,26). The van der Waals surface area contributed by atoms with E-state index in [1.807, 2.05) is 6.21 Å². The number of hydrazone groups is 1. The lowest BCUT2D eigenvalue weighted by atomic mass is 9.49. The molecule has 1 heterocycles. The number of hydrogen-bond donors (Lipinski definition) is 1. The third-order valence-corrected chi connectivity index (χ3v) is 7.53. The molecular formula is C22H31N3O.